The highest BCUT2D eigenvalue weighted by Gasteiger charge is 2.14. The Labute approximate surface area is 146 Å². The van der Waals surface area contributed by atoms with Crippen LogP contribution in [0.5, 0.6) is 11.5 Å². The third-order valence-electron chi connectivity index (χ3n) is 3.42. The fraction of sp³-hybridized carbons (Fsp3) is 0.353. The first-order chi connectivity index (χ1) is 11.7. The van der Waals surface area contributed by atoms with Gasteiger partial charge in [0.1, 0.15) is 0 Å². The molecule has 0 aliphatic carbocycles. The molecule has 0 saturated carbocycles. The highest BCUT2D eigenvalue weighted by Crippen LogP contribution is 2.28. The number of ether oxygens (including phenoxy) is 2. The lowest BCUT2D eigenvalue weighted by Crippen LogP contribution is -2.31. The maximum atomic E-state index is 12.4. The average Bonchev–Trinajstić information content (AvgIpc) is 2.64. The molecule has 0 N–H and O–H groups in total. The highest BCUT2D eigenvalue weighted by molar-refractivity contribution is 7.99. The van der Waals surface area contributed by atoms with Gasteiger partial charge in [-0.1, -0.05) is 17.8 Å². The molecular weight excluding hydrogens is 326 g/mol. The van der Waals surface area contributed by atoms with E-state index < -0.39 is 0 Å². The Morgan fingerprint density at radius 3 is 2.50 bits per heavy atom. The van der Waals surface area contributed by atoms with Crippen molar-refractivity contribution < 1.29 is 14.3 Å². The molecule has 0 atom stereocenters. The topological polar surface area (TPSA) is 64.6 Å². The molecular formula is C17H21N3O3S. The van der Waals surface area contributed by atoms with Crippen molar-refractivity contribution in [1.29, 1.82) is 0 Å². The summed E-state index contributed by atoms with van der Waals surface area (Å²) in [5.74, 6) is 1.69. The van der Waals surface area contributed by atoms with Gasteiger partial charge in [-0.2, -0.15) is 0 Å². The molecule has 1 aromatic carbocycles. The molecule has 24 heavy (non-hydrogen) atoms. The van der Waals surface area contributed by atoms with Crippen LogP contribution in [0.1, 0.15) is 12.5 Å². The van der Waals surface area contributed by atoms with Crippen LogP contribution >= 0.6 is 11.8 Å². The fourth-order valence-electron chi connectivity index (χ4n) is 2.15. The minimum absolute atomic E-state index is 0.0461. The normalized spacial score (nSPS) is 10.3. The fourth-order valence-corrected chi connectivity index (χ4v) is 2.86. The first-order valence-corrected chi connectivity index (χ1v) is 8.55. The average molecular weight is 347 g/mol. The van der Waals surface area contributed by atoms with E-state index in [-0.39, 0.29) is 5.91 Å². The molecule has 0 spiro atoms. The zero-order chi connectivity index (χ0) is 17.4. The van der Waals surface area contributed by atoms with Crippen LogP contribution in [0.15, 0.2) is 41.8 Å². The van der Waals surface area contributed by atoms with Crippen molar-refractivity contribution in [1.82, 2.24) is 14.9 Å². The number of hydrogen-bond donors (Lipinski definition) is 0. The van der Waals surface area contributed by atoms with Gasteiger partial charge in [-0.05, 0) is 30.7 Å². The van der Waals surface area contributed by atoms with Crippen LogP contribution in [0.2, 0.25) is 0 Å². The van der Waals surface area contributed by atoms with Crippen LogP contribution in [-0.4, -0.2) is 47.3 Å². The summed E-state index contributed by atoms with van der Waals surface area (Å²) in [5.41, 5.74) is 0.990. The number of aromatic nitrogens is 2. The standard InChI is InChI=1S/C17H21N3O3S/c1-4-20(16(21)12-24-17-18-8-5-9-19-17)11-13-6-7-14(22-2)15(10-13)23-3/h5-10H,4,11-12H2,1-3H3. The molecule has 1 amide bonds. The number of nitrogens with zero attached hydrogens (tertiary/aromatic N) is 3. The van der Waals surface area contributed by atoms with Crippen LogP contribution < -0.4 is 9.47 Å². The van der Waals surface area contributed by atoms with E-state index in [0.717, 1.165) is 5.56 Å². The molecule has 128 valence electrons. The number of methoxy groups -OCH3 is 2. The highest BCUT2D eigenvalue weighted by atomic mass is 32.2. The van der Waals surface area contributed by atoms with Crippen molar-refractivity contribution in [2.45, 2.75) is 18.6 Å². The van der Waals surface area contributed by atoms with Crippen LogP contribution in [0.4, 0.5) is 0 Å². The molecule has 2 aromatic rings. The van der Waals surface area contributed by atoms with Crippen LogP contribution in [0.25, 0.3) is 0 Å². The third kappa shape index (κ3) is 4.86. The summed E-state index contributed by atoms with van der Waals surface area (Å²) in [5, 5.41) is 0.605. The predicted molar refractivity (Wildman–Crippen MR) is 93.4 cm³/mol. The lowest BCUT2D eigenvalue weighted by Gasteiger charge is -2.21. The molecule has 2 rings (SSSR count). The van der Waals surface area contributed by atoms with Crippen molar-refractivity contribution in [3.63, 3.8) is 0 Å². The van der Waals surface area contributed by atoms with Crippen molar-refractivity contribution in [3.8, 4) is 11.5 Å². The SMILES string of the molecule is CCN(Cc1ccc(OC)c(OC)c1)C(=O)CSc1ncccn1. The molecule has 0 fully saturated rings. The zero-order valence-corrected chi connectivity index (χ0v) is 14.9. The Hall–Kier alpha value is -2.28. The summed E-state index contributed by atoms with van der Waals surface area (Å²) < 4.78 is 10.5. The van der Waals surface area contributed by atoms with Crippen LogP contribution in [0.3, 0.4) is 0 Å². The van der Waals surface area contributed by atoms with Gasteiger partial charge < -0.3 is 14.4 Å². The summed E-state index contributed by atoms with van der Waals surface area (Å²) >= 11 is 1.34. The molecule has 0 bridgehead atoms. The second kappa shape index (κ2) is 9.12. The Kier molecular flexibility index (Phi) is 6.87. The number of benzene rings is 1. The van der Waals surface area contributed by atoms with Gasteiger partial charge in [-0.25, -0.2) is 9.97 Å². The largest absolute Gasteiger partial charge is 0.493 e. The lowest BCUT2D eigenvalue weighted by molar-refractivity contribution is -0.128. The van der Waals surface area contributed by atoms with E-state index in [0.29, 0.717) is 35.5 Å². The number of thioether (sulfide) groups is 1. The molecule has 0 radical (unpaired) electrons. The van der Waals surface area contributed by atoms with Gasteiger partial charge in [0.05, 0.1) is 20.0 Å². The van der Waals surface area contributed by atoms with Gasteiger partial charge in [0.2, 0.25) is 5.91 Å². The van der Waals surface area contributed by atoms with E-state index in [1.165, 1.54) is 11.8 Å². The van der Waals surface area contributed by atoms with Crippen LogP contribution in [0, 0.1) is 0 Å². The molecule has 6 nitrogen and oxygen atoms in total. The molecule has 0 unspecified atom stereocenters. The second-order valence-corrected chi connectivity index (χ2v) is 5.86. The molecule has 1 aromatic heterocycles. The number of rotatable bonds is 8. The monoisotopic (exact) mass is 347 g/mol. The van der Waals surface area contributed by atoms with Gasteiger partial charge in [-0.15, -0.1) is 0 Å². The van der Waals surface area contributed by atoms with Crippen molar-refractivity contribution in [2.75, 3.05) is 26.5 Å². The summed E-state index contributed by atoms with van der Waals surface area (Å²) in [6.07, 6.45) is 3.34. The van der Waals surface area contributed by atoms with E-state index in [2.05, 4.69) is 9.97 Å². The maximum absolute atomic E-state index is 12.4. The summed E-state index contributed by atoms with van der Waals surface area (Å²) in [4.78, 5) is 22.4. The van der Waals surface area contributed by atoms with Gasteiger partial charge in [-0.3, -0.25) is 4.79 Å². The number of carbonyl (C=O) groups is 1. The predicted octanol–water partition coefficient (Wildman–Crippen LogP) is 2.63. The van der Waals surface area contributed by atoms with E-state index >= 15 is 0 Å². The molecule has 0 saturated heterocycles. The molecule has 1 heterocycles. The van der Waals surface area contributed by atoms with E-state index in [1.54, 1.807) is 37.6 Å². The minimum atomic E-state index is 0.0461. The van der Waals surface area contributed by atoms with Gasteiger partial charge in [0.15, 0.2) is 16.7 Å². The van der Waals surface area contributed by atoms with Crippen LogP contribution in [-0.2, 0) is 11.3 Å². The summed E-state index contributed by atoms with van der Waals surface area (Å²) in [6.45, 7) is 3.11. The van der Waals surface area contributed by atoms with Crippen molar-refractivity contribution in [3.05, 3.63) is 42.2 Å². The third-order valence-corrected chi connectivity index (χ3v) is 4.28. The number of amides is 1. The summed E-state index contributed by atoms with van der Waals surface area (Å²) in [6, 6.07) is 7.42. The smallest absolute Gasteiger partial charge is 0.233 e. The summed E-state index contributed by atoms with van der Waals surface area (Å²) in [7, 11) is 3.20. The number of hydrogen-bond acceptors (Lipinski definition) is 6. The Bertz CT molecular complexity index is 667. The van der Waals surface area contributed by atoms with E-state index in [1.807, 2.05) is 25.1 Å². The van der Waals surface area contributed by atoms with Crippen molar-refractivity contribution in [2.24, 2.45) is 0 Å². The van der Waals surface area contributed by atoms with Crippen molar-refractivity contribution >= 4 is 17.7 Å². The lowest BCUT2D eigenvalue weighted by atomic mass is 10.2. The molecule has 0 aliphatic heterocycles. The Morgan fingerprint density at radius 2 is 1.88 bits per heavy atom. The maximum Gasteiger partial charge on any atom is 0.233 e. The molecule has 0 aliphatic rings. The molecule has 7 heteroatoms. The van der Waals surface area contributed by atoms with Gasteiger partial charge in [0.25, 0.3) is 0 Å². The first kappa shape index (κ1) is 18.1. The zero-order valence-electron chi connectivity index (χ0n) is 14.1. The number of carbonyl (C=O) groups excluding carboxylic acids is 1. The van der Waals surface area contributed by atoms with E-state index in [9.17, 15) is 4.79 Å². The van der Waals surface area contributed by atoms with Gasteiger partial charge in [0, 0.05) is 25.5 Å². The second-order valence-electron chi connectivity index (χ2n) is 4.92. The first-order valence-electron chi connectivity index (χ1n) is 7.56. The quantitative estimate of drug-likeness (QED) is 0.540. The van der Waals surface area contributed by atoms with E-state index in [4.69, 9.17) is 9.47 Å². The Morgan fingerprint density at radius 1 is 1.17 bits per heavy atom. The Balaban J connectivity index is 1.99. The minimum Gasteiger partial charge on any atom is -0.493 e. The van der Waals surface area contributed by atoms with Gasteiger partial charge >= 0.3 is 0 Å².